The van der Waals surface area contributed by atoms with Crippen molar-refractivity contribution < 1.29 is 18.9 Å². The number of nitrogens with one attached hydrogen (secondary N) is 2. The molecule has 3 aromatic rings. The van der Waals surface area contributed by atoms with Crippen molar-refractivity contribution in [2.24, 2.45) is 5.92 Å². The van der Waals surface area contributed by atoms with Gasteiger partial charge in [-0.2, -0.15) is 5.26 Å². The van der Waals surface area contributed by atoms with E-state index in [1.807, 2.05) is 36.4 Å². The fourth-order valence-electron chi connectivity index (χ4n) is 3.69. The van der Waals surface area contributed by atoms with Crippen molar-refractivity contribution in [3.8, 4) is 40.5 Å². The van der Waals surface area contributed by atoms with Crippen LogP contribution < -0.4 is 18.9 Å². The number of fused-ring (bicyclic) bond motifs is 1. The fourth-order valence-corrected chi connectivity index (χ4v) is 3.69. The Kier molecular flexibility index (Phi) is 5.02. The predicted octanol–water partition coefficient (Wildman–Crippen LogP) is 3.74. The summed E-state index contributed by atoms with van der Waals surface area (Å²) in [6, 6.07) is 15.2. The quantitative estimate of drug-likeness (QED) is 0.670. The lowest BCUT2D eigenvalue weighted by Gasteiger charge is -2.28. The van der Waals surface area contributed by atoms with Crippen LogP contribution in [-0.4, -0.2) is 37.4 Å². The number of methoxy groups -OCH3 is 3. The van der Waals surface area contributed by atoms with Gasteiger partial charge in [0.15, 0.2) is 0 Å². The third kappa shape index (κ3) is 3.20. The van der Waals surface area contributed by atoms with Gasteiger partial charge in [0, 0.05) is 17.5 Å². The Morgan fingerprint density at radius 3 is 2.37 bits per heavy atom. The first-order valence-electron chi connectivity index (χ1n) is 9.21. The highest BCUT2D eigenvalue weighted by Gasteiger charge is 2.41. The molecule has 152 valence electrons. The Labute approximate surface area is 173 Å². The van der Waals surface area contributed by atoms with E-state index in [9.17, 15) is 5.26 Å². The van der Waals surface area contributed by atoms with Crippen LogP contribution in [0.5, 0.6) is 23.1 Å². The molecule has 2 atom stereocenters. The summed E-state index contributed by atoms with van der Waals surface area (Å²) in [5.41, 5.74) is 2.99. The largest absolute Gasteiger partial charge is 0.497 e. The molecular formula is C22H20N4O4. The van der Waals surface area contributed by atoms with Crippen molar-refractivity contribution in [3.63, 3.8) is 0 Å². The zero-order valence-corrected chi connectivity index (χ0v) is 16.7. The number of hydrogen-bond donors (Lipinski definition) is 2. The van der Waals surface area contributed by atoms with E-state index in [1.54, 1.807) is 27.4 Å². The number of aromatic amines is 1. The SMILES string of the molecule is COc1cccc(-c2[nH]nc3c2C(c2cc(OC)cc(OC)c2)C(C#N)C(=N)O3)c1. The highest BCUT2D eigenvalue weighted by atomic mass is 16.5. The number of rotatable bonds is 5. The van der Waals surface area contributed by atoms with Crippen LogP contribution in [0.4, 0.5) is 0 Å². The lowest BCUT2D eigenvalue weighted by molar-refractivity contribution is 0.391. The zero-order chi connectivity index (χ0) is 21.3. The van der Waals surface area contributed by atoms with Gasteiger partial charge in [-0.1, -0.05) is 12.1 Å². The van der Waals surface area contributed by atoms with Crippen LogP contribution in [0.3, 0.4) is 0 Å². The second-order valence-corrected chi connectivity index (χ2v) is 6.75. The lowest BCUT2D eigenvalue weighted by Crippen LogP contribution is -2.30. The first-order chi connectivity index (χ1) is 14.6. The molecule has 8 nitrogen and oxygen atoms in total. The van der Waals surface area contributed by atoms with Crippen molar-refractivity contribution >= 4 is 5.90 Å². The highest BCUT2D eigenvalue weighted by Crippen LogP contribution is 2.47. The number of nitriles is 1. The Bertz CT molecular complexity index is 1130. The Balaban J connectivity index is 1.95. The van der Waals surface area contributed by atoms with Crippen LogP contribution in [-0.2, 0) is 0 Å². The Hall–Kier alpha value is -3.99. The van der Waals surface area contributed by atoms with E-state index in [1.165, 1.54) is 0 Å². The van der Waals surface area contributed by atoms with Gasteiger partial charge >= 0.3 is 0 Å². The normalized spacial score (nSPS) is 17.5. The molecule has 0 fully saturated rings. The molecule has 0 amide bonds. The van der Waals surface area contributed by atoms with Crippen molar-refractivity contribution in [1.82, 2.24) is 10.2 Å². The summed E-state index contributed by atoms with van der Waals surface area (Å²) in [6.07, 6.45) is 0. The maximum absolute atomic E-state index is 9.87. The molecular weight excluding hydrogens is 384 g/mol. The molecule has 1 aliphatic rings. The van der Waals surface area contributed by atoms with Crippen LogP contribution in [0.2, 0.25) is 0 Å². The predicted molar refractivity (Wildman–Crippen MR) is 109 cm³/mol. The third-order valence-corrected chi connectivity index (χ3v) is 5.13. The molecule has 2 aromatic carbocycles. The number of hydrogen-bond acceptors (Lipinski definition) is 7. The highest BCUT2D eigenvalue weighted by molar-refractivity contribution is 5.86. The standard InChI is InChI=1S/C22H20N4O4/c1-27-14-6-4-5-12(7-14)20-19-18(13-8-15(28-2)10-16(9-13)29-3)17(11-23)21(24)30-22(19)26-25-20/h4-10,17-18,24H,1-3H3,(H,25,26). The van der Waals surface area contributed by atoms with E-state index in [2.05, 4.69) is 16.3 Å². The fraction of sp³-hybridized carbons (Fsp3) is 0.227. The van der Waals surface area contributed by atoms with Crippen LogP contribution in [0.1, 0.15) is 17.0 Å². The van der Waals surface area contributed by atoms with Crippen molar-refractivity contribution in [3.05, 3.63) is 53.6 Å². The van der Waals surface area contributed by atoms with E-state index in [0.29, 0.717) is 28.5 Å². The minimum atomic E-state index is -0.837. The molecule has 0 bridgehead atoms. The molecule has 2 heterocycles. The van der Waals surface area contributed by atoms with Crippen molar-refractivity contribution in [2.45, 2.75) is 5.92 Å². The van der Waals surface area contributed by atoms with Crippen LogP contribution >= 0.6 is 0 Å². The molecule has 2 unspecified atom stereocenters. The van der Waals surface area contributed by atoms with Gasteiger partial charge < -0.3 is 18.9 Å². The van der Waals surface area contributed by atoms with Gasteiger partial charge in [-0.15, -0.1) is 5.10 Å². The van der Waals surface area contributed by atoms with Crippen LogP contribution in [0.15, 0.2) is 42.5 Å². The molecule has 0 aliphatic carbocycles. The molecule has 0 saturated heterocycles. The summed E-state index contributed by atoms with van der Waals surface area (Å²) < 4.78 is 21.7. The van der Waals surface area contributed by atoms with Crippen LogP contribution in [0, 0.1) is 22.7 Å². The lowest BCUT2D eigenvalue weighted by atomic mass is 9.78. The summed E-state index contributed by atoms with van der Waals surface area (Å²) in [5.74, 6) is 0.652. The summed E-state index contributed by atoms with van der Waals surface area (Å²) in [4.78, 5) is 0. The molecule has 0 saturated carbocycles. The second-order valence-electron chi connectivity index (χ2n) is 6.75. The number of nitrogens with zero attached hydrogens (tertiary/aromatic N) is 2. The van der Waals surface area contributed by atoms with Gasteiger partial charge in [0.05, 0.1) is 38.7 Å². The maximum Gasteiger partial charge on any atom is 0.244 e. The van der Waals surface area contributed by atoms with Gasteiger partial charge in [0.1, 0.15) is 23.2 Å². The first-order valence-corrected chi connectivity index (χ1v) is 9.21. The van der Waals surface area contributed by atoms with Gasteiger partial charge in [-0.05, 0) is 29.8 Å². The molecule has 2 N–H and O–H groups in total. The zero-order valence-electron chi connectivity index (χ0n) is 16.7. The van der Waals surface area contributed by atoms with E-state index in [4.69, 9.17) is 24.4 Å². The summed E-state index contributed by atoms with van der Waals surface area (Å²) >= 11 is 0. The second kappa shape index (κ2) is 7.79. The van der Waals surface area contributed by atoms with E-state index in [0.717, 1.165) is 11.1 Å². The third-order valence-electron chi connectivity index (χ3n) is 5.13. The number of benzene rings is 2. The molecule has 4 rings (SSSR count). The topological polar surface area (TPSA) is 113 Å². The molecule has 0 radical (unpaired) electrons. The molecule has 8 heteroatoms. The van der Waals surface area contributed by atoms with E-state index < -0.39 is 11.8 Å². The van der Waals surface area contributed by atoms with Gasteiger partial charge in [0.25, 0.3) is 0 Å². The monoisotopic (exact) mass is 404 g/mol. The minimum absolute atomic E-state index is 0.152. The summed E-state index contributed by atoms with van der Waals surface area (Å²) in [6.45, 7) is 0. The van der Waals surface area contributed by atoms with Gasteiger partial charge in [0.2, 0.25) is 11.8 Å². The number of ether oxygens (including phenoxy) is 4. The van der Waals surface area contributed by atoms with Crippen molar-refractivity contribution in [2.75, 3.05) is 21.3 Å². The van der Waals surface area contributed by atoms with Crippen molar-refractivity contribution in [1.29, 1.82) is 10.7 Å². The molecule has 1 aromatic heterocycles. The average Bonchev–Trinajstić information content (AvgIpc) is 3.20. The average molecular weight is 404 g/mol. The number of aromatic nitrogens is 2. The molecule has 30 heavy (non-hydrogen) atoms. The smallest absolute Gasteiger partial charge is 0.244 e. The van der Waals surface area contributed by atoms with Gasteiger partial charge in [-0.3, -0.25) is 10.5 Å². The number of H-pyrrole nitrogens is 1. The Morgan fingerprint density at radius 2 is 1.73 bits per heavy atom. The van der Waals surface area contributed by atoms with Crippen LogP contribution in [0.25, 0.3) is 11.3 Å². The summed E-state index contributed by atoms with van der Waals surface area (Å²) in [7, 11) is 4.73. The first kappa shape index (κ1) is 19.3. The summed E-state index contributed by atoms with van der Waals surface area (Å²) in [5, 5.41) is 25.4. The Morgan fingerprint density at radius 1 is 1.03 bits per heavy atom. The molecule has 0 spiro atoms. The maximum atomic E-state index is 9.87. The van der Waals surface area contributed by atoms with Gasteiger partial charge in [-0.25, -0.2) is 0 Å². The minimum Gasteiger partial charge on any atom is -0.497 e. The van der Waals surface area contributed by atoms with E-state index >= 15 is 0 Å². The van der Waals surface area contributed by atoms with E-state index in [-0.39, 0.29) is 11.8 Å². The molecule has 1 aliphatic heterocycles.